The summed E-state index contributed by atoms with van der Waals surface area (Å²) in [7, 11) is 0. The molecule has 1 aromatic heterocycles. The number of aromatic nitrogens is 2. The van der Waals surface area contributed by atoms with Crippen LogP contribution in [0.15, 0.2) is 10.9 Å². The Labute approximate surface area is 141 Å². The molecule has 0 radical (unpaired) electrons. The van der Waals surface area contributed by atoms with Gasteiger partial charge in [-0.05, 0) is 24.8 Å². The lowest BCUT2D eigenvalue weighted by molar-refractivity contribution is -0.130. The molecule has 2 rings (SSSR count). The fourth-order valence-corrected chi connectivity index (χ4v) is 2.82. The molecule has 0 unspecified atom stereocenters. The van der Waals surface area contributed by atoms with E-state index < -0.39 is 5.69 Å². The standard InChI is InChI=1S/C17H26N4O3/c1-11(22)21-7-5-6-12(10-21)9-18-15(23)13-8-14(17(2,3)4)20-16(24)19-13/h8,12H,5-7,9-10H2,1-4H3,(H,18,23)(H,19,20,24)/t12-/m1/s1. The highest BCUT2D eigenvalue weighted by atomic mass is 16.2. The molecule has 1 aromatic rings. The molecule has 7 nitrogen and oxygen atoms in total. The predicted molar refractivity (Wildman–Crippen MR) is 90.9 cm³/mol. The summed E-state index contributed by atoms with van der Waals surface area (Å²) in [6.45, 7) is 9.35. The first-order valence-corrected chi connectivity index (χ1v) is 8.32. The van der Waals surface area contributed by atoms with Gasteiger partial charge in [0.2, 0.25) is 5.91 Å². The van der Waals surface area contributed by atoms with Gasteiger partial charge in [-0.3, -0.25) is 9.59 Å². The van der Waals surface area contributed by atoms with E-state index in [1.165, 1.54) is 0 Å². The van der Waals surface area contributed by atoms with Crippen molar-refractivity contribution in [2.24, 2.45) is 5.92 Å². The maximum absolute atomic E-state index is 12.3. The summed E-state index contributed by atoms with van der Waals surface area (Å²) in [5.41, 5.74) is 0.00615. The number of carbonyl (C=O) groups excluding carboxylic acids is 2. The first-order chi connectivity index (χ1) is 11.2. The Morgan fingerprint density at radius 3 is 2.75 bits per heavy atom. The molecule has 0 aliphatic carbocycles. The van der Waals surface area contributed by atoms with E-state index in [1.54, 1.807) is 13.0 Å². The van der Waals surface area contributed by atoms with Crippen molar-refractivity contribution in [3.63, 3.8) is 0 Å². The van der Waals surface area contributed by atoms with Crippen LogP contribution in [-0.4, -0.2) is 46.3 Å². The summed E-state index contributed by atoms with van der Waals surface area (Å²) in [5, 5.41) is 2.84. The molecule has 0 saturated carbocycles. The second kappa shape index (κ2) is 7.15. The van der Waals surface area contributed by atoms with Crippen molar-refractivity contribution in [3.05, 3.63) is 27.9 Å². The van der Waals surface area contributed by atoms with Crippen molar-refractivity contribution in [1.82, 2.24) is 20.2 Å². The summed E-state index contributed by atoms with van der Waals surface area (Å²) in [6, 6.07) is 1.62. The molecular formula is C17H26N4O3. The van der Waals surface area contributed by atoms with Crippen LogP contribution in [0.4, 0.5) is 0 Å². The number of carbonyl (C=O) groups is 2. The first-order valence-electron chi connectivity index (χ1n) is 8.32. The third-order valence-corrected chi connectivity index (χ3v) is 4.30. The van der Waals surface area contributed by atoms with Gasteiger partial charge >= 0.3 is 5.69 Å². The molecule has 0 bridgehead atoms. The molecule has 1 saturated heterocycles. The predicted octanol–water partition coefficient (Wildman–Crippen LogP) is 1.06. The summed E-state index contributed by atoms with van der Waals surface area (Å²) >= 11 is 0. The van der Waals surface area contributed by atoms with E-state index in [2.05, 4.69) is 15.3 Å². The van der Waals surface area contributed by atoms with Crippen molar-refractivity contribution >= 4 is 11.8 Å². The molecule has 2 heterocycles. The Morgan fingerprint density at radius 1 is 1.42 bits per heavy atom. The van der Waals surface area contributed by atoms with Gasteiger partial charge in [-0.25, -0.2) is 4.79 Å². The number of nitrogens with one attached hydrogen (secondary N) is 2. The normalized spacial score (nSPS) is 18.3. The van der Waals surface area contributed by atoms with Gasteiger partial charge in [0, 0.05) is 37.7 Å². The Morgan fingerprint density at radius 2 is 2.12 bits per heavy atom. The average molecular weight is 334 g/mol. The van der Waals surface area contributed by atoms with Crippen molar-refractivity contribution in [1.29, 1.82) is 0 Å². The lowest BCUT2D eigenvalue weighted by Gasteiger charge is -2.32. The molecular weight excluding hydrogens is 308 g/mol. The second-order valence-electron chi connectivity index (χ2n) is 7.42. The highest BCUT2D eigenvalue weighted by molar-refractivity contribution is 5.92. The zero-order valence-corrected chi connectivity index (χ0v) is 14.8. The number of likely N-dealkylation sites (tertiary alicyclic amines) is 1. The first kappa shape index (κ1) is 18.2. The molecule has 7 heteroatoms. The fraction of sp³-hybridized carbons (Fsp3) is 0.647. The number of nitrogens with zero attached hydrogens (tertiary/aromatic N) is 2. The van der Waals surface area contributed by atoms with Gasteiger partial charge in [0.1, 0.15) is 5.69 Å². The van der Waals surface area contributed by atoms with Gasteiger partial charge in [0.05, 0.1) is 0 Å². The van der Waals surface area contributed by atoms with E-state index in [1.807, 2.05) is 25.7 Å². The van der Waals surface area contributed by atoms with Gasteiger partial charge in [0.15, 0.2) is 0 Å². The SMILES string of the molecule is CC(=O)N1CCC[C@H](CNC(=O)c2cc(C(C)(C)C)[nH]c(=O)n2)C1. The average Bonchev–Trinajstić information content (AvgIpc) is 2.51. The zero-order valence-electron chi connectivity index (χ0n) is 14.8. The van der Waals surface area contributed by atoms with Crippen LogP contribution < -0.4 is 11.0 Å². The lowest BCUT2D eigenvalue weighted by Crippen LogP contribution is -2.43. The summed E-state index contributed by atoms with van der Waals surface area (Å²) in [4.78, 5) is 43.7. The highest BCUT2D eigenvalue weighted by Crippen LogP contribution is 2.19. The minimum absolute atomic E-state index is 0.0668. The fourth-order valence-electron chi connectivity index (χ4n) is 2.82. The number of H-pyrrole nitrogens is 1. The van der Waals surface area contributed by atoms with E-state index in [9.17, 15) is 14.4 Å². The van der Waals surface area contributed by atoms with E-state index in [4.69, 9.17) is 0 Å². The summed E-state index contributed by atoms with van der Waals surface area (Å²) in [6.07, 6.45) is 1.91. The number of rotatable bonds is 3. The Balaban J connectivity index is 2.01. The largest absolute Gasteiger partial charge is 0.350 e. The lowest BCUT2D eigenvalue weighted by atomic mass is 9.91. The minimum Gasteiger partial charge on any atom is -0.350 e. The van der Waals surface area contributed by atoms with Crippen LogP contribution in [0.5, 0.6) is 0 Å². The summed E-state index contributed by atoms with van der Waals surface area (Å²) in [5.74, 6) is -0.0562. The Hall–Kier alpha value is -2.18. The van der Waals surface area contributed by atoms with Crippen LogP contribution in [0.2, 0.25) is 0 Å². The van der Waals surface area contributed by atoms with E-state index in [0.29, 0.717) is 18.8 Å². The topological polar surface area (TPSA) is 95.2 Å². The van der Waals surface area contributed by atoms with E-state index in [-0.39, 0.29) is 28.8 Å². The van der Waals surface area contributed by atoms with Crippen LogP contribution in [-0.2, 0) is 10.2 Å². The van der Waals surface area contributed by atoms with Crippen molar-refractivity contribution in [2.45, 2.75) is 46.0 Å². The highest BCUT2D eigenvalue weighted by Gasteiger charge is 2.23. The number of hydrogen-bond acceptors (Lipinski definition) is 4. The molecule has 1 aliphatic rings. The van der Waals surface area contributed by atoms with Gasteiger partial charge in [-0.15, -0.1) is 0 Å². The maximum atomic E-state index is 12.3. The van der Waals surface area contributed by atoms with Gasteiger partial charge < -0.3 is 15.2 Å². The summed E-state index contributed by atoms with van der Waals surface area (Å²) < 4.78 is 0. The smallest absolute Gasteiger partial charge is 0.345 e. The number of piperidine rings is 1. The Bertz CT molecular complexity index is 675. The van der Waals surface area contributed by atoms with Crippen LogP contribution in [0.1, 0.15) is 56.7 Å². The molecule has 0 aromatic carbocycles. The minimum atomic E-state index is -0.520. The van der Waals surface area contributed by atoms with E-state index >= 15 is 0 Å². The van der Waals surface area contributed by atoms with Crippen LogP contribution in [0.25, 0.3) is 0 Å². The maximum Gasteiger partial charge on any atom is 0.345 e. The van der Waals surface area contributed by atoms with Gasteiger partial charge in [-0.1, -0.05) is 20.8 Å². The molecule has 2 amide bonds. The van der Waals surface area contributed by atoms with Crippen molar-refractivity contribution < 1.29 is 9.59 Å². The molecule has 1 fully saturated rings. The number of aromatic amines is 1. The molecule has 132 valence electrons. The Kier molecular flexibility index (Phi) is 5.41. The van der Waals surface area contributed by atoms with Crippen LogP contribution in [0.3, 0.4) is 0 Å². The van der Waals surface area contributed by atoms with Gasteiger partial charge in [-0.2, -0.15) is 4.98 Å². The molecule has 0 spiro atoms. The number of hydrogen-bond donors (Lipinski definition) is 2. The molecule has 2 N–H and O–H groups in total. The molecule has 24 heavy (non-hydrogen) atoms. The van der Waals surface area contributed by atoms with Crippen molar-refractivity contribution in [3.8, 4) is 0 Å². The third-order valence-electron chi connectivity index (χ3n) is 4.30. The second-order valence-corrected chi connectivity index (χ2v) is 7.42. The molecule has 1 aliphatic heterocycles. The van der Waals surface area contributed by atoms with Crippen LogP contribution in [0, 0.1) is 5.92 Å². The monoisotopic (exact) mass is 334 g/mol. The quantitative estimate of drug-likeness (QED) is 0.864. The third kappa shape index (κ3) is 4.66. The van der Waals surface area contributed by atoms with Crippen molar-refractivity contribution in [2.75, 3.05) is 19.6 Å². The molecule has 1 atom stereocenters. The number of amides is 2. The zero-order chi connectivity index (χ0) is 17.9. The van der Waals surface area contributed by atoms with Crippen LogP contribution >= 0.6 is 0 Å². The van der Waals surface area contributed by atoms with Gasteiger partial charge in [0.25, 0.3) is 5.91 Å². The van der Waals surface area contributed by atoms with E-state index in [0.717, 1.165) is 19.4 Å².